The fraction of sp³-hybridized carbons (Fsp3) is 0.250. The van der Waals surface area contributed by atoms with Crippen LogP contribution < -0.4 is 4.74 Å². The second kappa shape index (κ2) is 6.51. The Morgan fingerprint density at radius 3 is 2.57 bits per heavy atom. The van der Waals surface area contributed by atoms with Crippen LogP contribution in [0.5, 0.6) is 5.75 Å². The number of hydrogen-bond donors (Lipinski definition) is 0. The monoisotopic (exact) mass is 315 g/mol. The Balaban J connectivity index is 1.59. The number of nitrogens with zero attached hydrogens (tertiary/aromatic N) is 3. The number of carbonyl (C=O) groups excluding carboxylic acids is 2. The normalized spacial score (nSPS) is 14.4. The summed E-state index contributed by atoms with van der Waals surface area (Å²) < 4.78 is 19.0. The van der Waals surface area contributed by atoms with E-state index >= 15 is 0 Å². The van der Waals surface area contributed by atoms with E-state index in [0.29, 0.717) is 17.0 Å². The Morgan fingerprint density at radius 2 is 1.91 bits per heavy atom. The molecule has 0 aromatic carbocycles. The van der Waals surface area contributed by atoms with Crippen LogP contribution in [-0.2, 0) is 9.59 Å². The van der Waals surface area contributed by atoms with Crippen molar-refractivity contribution in [1.29, 1.82) is 0 Å². The maximum atomic E-state index is 13.6. The molecule has 2 aromatic rings. The van der Waals surface area contributed by atoms with Gasteiger partial charge in [-0.1, -0.05) is 0 Å². The third-order valence-electron chi connectivity index (χ3n) is 3.51. The van der Waals surface area contributed by atoms with E-state index in [2.05, 4.69) is 9.97 Å². The Morgan fingerprint density at radius 1 is 1.13 bits per heavy atom. The summed E-state index contributed by atoms with van der Waals surface area (Å²) in [5.41, 5.74) is 0.764. The van der Waals surface area contributed by atoms with Crippen LogP contribution in [0.3, 0.4) is 0 Å². The molecule has 0 atom stereocenters. The number of carbonyl (C=O) groups is 2. The second-order valence-corrected chi connectivity index (χ2v) is 5.01. The van der Waals surface area contributed by atoms with E-state index in [-0.39, 0.29) is 37.8 Å². The van der Waals surface area contributed by atoms with Gasteiger partial charge in [-0.15, -0.1) is 0 Å². The molecule has 3 rings (SSSR count). The third kappa shape index (κ3) is 3.33. The van der Waals surface area contributed by atoms with Crippen molar-refractivity contribution in [2.75, 3.05) is 13.2 Å². The van der Waals surface area contributed by atoms with E-state index in [9.17, 15) is 14.0 Å². The topological polar surface area (TPSA) is 72.4 Å². The SMILES string of the molecule is O=C1CCC(=O)N1CCOc1ccc(-c2cccnc2F)nc1. The fourth-order valence-electron chi connectivity index (χ4n) is 2.33. The number of imide groups is 1. The van der Waals surface area contributed by atoms with Crippen molar-refractivity contribution in [3.05, 3.63) is 42.6 Å². The largest absolute Gasteiger partial charge is 0.490 e. The highest BCUT2D eigenvalue weighted by atomic mass is 19.1. The van der Waals surface area contributed by atoms with Crippen LogP contribution in [0.2, 0.25) is 0 Å². The molecule has 6 nitrogen and oxygen atoms in total. The molecule has 3 heterocycles. The average Bonchev–Trinajstić information content (AvgIpc) is 2.88. The Bertz CT molecular complexity index is 718. The van der Waals surface area contributed by atoms with Gasteiger partial charge in [0.1, 0.15) is 12.4 Å². The zero-order valence-electron chi connectivity index (χ0n) is 12.2. The lowest BCUT2D eigenvalue weighted by Gasteiger charge is -2.14. The number of pyridine rings is 2. The van der Waals surface area contributed by atoms with Crippen LogP contribution in [0.1, 0.15) is 12.8 Å². The molecule has 0 N–H and O–H groups in total. The zero-order chi connectivity index (χ0) is 16.2. The van der Waals surface area contributed by atoms with Gasteiger partial charge in [-0.05, 0) is 24.3 Å². The van der Waals surface area contributed by atoms with Crippen LogP contribution in [0.25, 0.3) is 11.3 Å². The molecule has 0 bridgehead atoms. The molecule has 2 amide bonds. The van der Waals surface area contributed by atoms with Crippen molar-refractivity contribution >= 4 is 11.8 Å². The molecule has 0 aliphatic carbocycles. The Hall–Kier alpha value is -2.83. The maximum Gasteiger partial charge on any atom is 0.229 e. The number of likely N-dealkylation sites (tertiary alicyclic amines) is 1. The average molecular weight is 315 g/mol. The quantitative estimate of drug-likeness (QED) is 0.621. The smallest absolute Gasteiger partial charge is 0.229 e. The van der Waals surface area contributed by atoms with Crippen LogP contribution in [0.15, 0.2) is 36.7 Å². The van der Waals surface area contributed by atoms with E-state index < -0.39 is 5.95 Å². The first-order valence-electron chi connectivity index (χ1n) is 7.18. The van der Waals surface area contributed by atoms with E-state index in [4.69, 9.17) is 4.74 Å². The molecule has 23 heavy (non-hydrogen) atoms. The van der Waals surface area contributed by atoms with Gasteiger partial charge in [-0.2, -0.15) is 4.39 Å². The predicted octanol–water partition coefficient (Wildman–Crippen LogP) is 1.81. The van der Waals surface area contributed by atoms with Gasteiger partial charge in [-0.25, -0.2) is 4.98 Å². The molecule has 0 unspecified atom stereocenters. The third-order valence-corrected chi connectivity index (χ3v) is 3.51. The van der Waals surface area contributed by atoms with Gasteiger partial charge in [0.15, 0.2) is 0 Å². The first-order chi connectivity index (χ1) is 11.1. The Labute approximate surface area is 131 Å². The van der Waals surface area contributed by atoms with Crippen molar-refractivity contribution < 1.29 is 18.7 Å². The molecule has 2 aromatic heterocycles. The molecule has 0 radical (unpaired) electrons. The minimum Gasteiger partial charge on any atom is -0.490 e. The lowest BCUT2D eigenvalue weighted by molar-refractivity contribution is -0.138. The first kappa shape index (κ1) is 15.1. The molecule has 1 fully saturated rings. The predicted molar refractivity (Wildman–Crippen MR) is 78.9 cm³/mol. The van der Waals surface area contributed by atoms with Crippen molar-refractivity contribution in [3.8, 4) is 17.0 Å². The molecule has 1 aliphatic rings. The number of ether oxygens (including phenoxy) is 1. The summed E-state index contributed by atoms with van der Waals surface area (Å²) >= 11 is 0. The first-order valence-corrected chi connectivity index (χ1v) is 7.18. The highest BCUT2D eigenvalue weighted by Gasteiger charge is 2.28. The number of rotatable bonds is 5. The summed E-state index contributed by atoms with van der Waals surface area (Å²) in [7, 11) is 0. The molecular formula is C16H14FN3O3. The molecule has 0 saturated carbocycles. The molecule has 7 heteroatoms. The van der Waals surface area contributed by atoms with Gasteiger partial charge in [0.2, 0.25) is 17.8 Å². The summed E-state index contributed by atoms with van der Waals surface area (Å²) in [6.07, 6.45) is 3.38. The van der Waals surface area contributed by atoms with E-state index in [0.717, 1.165) is 0 Å². The summed E-state index contributed by atoms with van der Waals surface area (Å²) in [6.45, 7) is 0.413. The Kier molecular flexibility index (Phi) is 4.27. The van der Waals surface area contributed by atoms with Crippen molar-refractivity contribution in [1.82, 2.24) is 14.9 Å². The maximum absolute atomic E-state index is 13.6. The van der Waals surface area contributed by atoms with Gasteiger partial charge in [0, 0.05) is 19.0 Å². The fourth-order valence-corrected chi connectivity index (χ4v) is 2.33. The minimum atomic E-state index is -0.584. The summed E-state index contributed by atoms with van der Waals surface area (Å²) in [5.74, 6) is -0.435. The lowest BCUT2D eigenvalue weighted by Crippen LogP contribution is -2.33. The molecule has 1 aliphatic heterocycles. The van der Waals surface area contributed by atoms with Gasteiger partial charge in [-0.3, -0.25) is 19.5 Å². The minimum absolute atomic E-state index is 0.167. The van der Waals surface area contributed by atoms with Crippen LogP contribution in [-0.4, -0.2) is 39.8 Å². The molecular weight excluding hydrogens is 301 g/mol. The van der Waals surface area contributed by atoms with E-state index in [1.54, 1.807) is 24.3 Å². The summed E-state index contributed by atoms with van der Waals surface area (Å²) in [6, 6.07) is 6.51. The van der Waals surface area contributed by atoms with Crippen molar-refractivity contribution in [2.24, 2.45) is 0 Å². The number of halogens is 1. The second-order valence-electron chi connectivity index (χ2n) is 5.01. The highest BCUT2D eigenvalue weighted by molar-refractivity contribution is 6.01. The summed E-state index contributed by atoms with van der Waals surface area (Å²) in [5, 5.41) is 0. The number of amides is 2. The van der Waals surface area contributed by atoms with Crippen molar-refractivity contribution in [2.45, 2.75) is 12.8 Å². The van der Waals surface area contributed by atoms with Crippen molar-refractivity contribution in [3.63, 3.8) is 0 Å². The zero-order valence-corrected chi connectivity index (χ0v) is 12.2. The van der Waals surface area contributed by atoms with Gasteiger partial charge < -0.3 is 4.74 Å². The van der Waals surface area contributed by atoms with Crippen LogP contribution >= 0.6 is 0 Å². The number of hydrogen-bond acceptors (Lipinski definition) is 5. The van der Waals surface area contributed by atoms with Crippen LogP contribution in [0.4, 0.5) is 4.39 Å². The summed E-state index contributed by atoms with van der Waals surface area (Å²) in [4.78, 5) is 31.8. The van der Waals surface area contributed by atoms with E-state index in [1.165, 1.54) is 17.3 Å². The van der Waals surface area contributed by atoms with Gasteiger partial charge in [0.05, 0.1) is 24.0 Å². The standard InChI is InChI=1S/C16H14FN3O3/c17-16-12(2-1-7-18-16)13-4-3-11(10-19-13)23-9-8-20-14(21)5-6-15(20)22/h1-4,7,10H,5-6,8-9H2. The molecule has 0 spiro atoms. The van der Waals surface area contributed by atoms with E-state index in [1.807, 2.05) is 0 Å². The molecule has 118 valence electrons. The highest BCUT2D eigenvalue weighted by Crippen LogP contribution is 2.21. The van der Waals surface area contributed by atoms with Gasteiger partial charge in [0.25, 0.3) is 0 Å². The molecule has 1 saturated heterocycles. The van der Waals surface area contributed by atoms with Crippen LogP contribution in [0, 0.1) is 5.95 Å². The van der Waals surface area contributed by atoms with Gasteiger partial charge >= 0.3 is 0 Å². The lowest BCUT2D eigenvalue weighted by atomic mass is 10.2. The number of aromatic nitrogens is 2.